The van der Waals surface area contributed by atoms with Gasteiger partial charge in [0, 0.05) is 16.8 Å². The molecule has 260 valence electrons. The van der Waals surface area contributed by atoms with Crippen molar-refractivity contribution in [3.63, 3.8) is 0 Å². The summed E-state index contributed by atoms with van der Waals surface area (Å²) in [5.41, 5.74) is 7.68. The van der Waals surface area contributed by atoms with Crippen molar-refractivity contribution in [3.8, 4) is 0 Å². The number of rotatable bonds is 4. The Morgan fingerprint density at radius 1 is 0.382 bits per heavy atom. The van der Waals surface area contributed by atoms with E-state index in [0.717, 1.165) is 5.69 Å². The summed E-state index contributed by atoms with van der Waals surface area (Å²) in [4.78, 5) is 2.46. The number of fused-ring (bicyclic) bond motifs is 6. The number of nitrogens with zero attached hydrogens (tertiary/aromatic N) is 1. The number of hydrogen-bond acceptors (Lipinski definition) is 1. The minimum Gasteiger partial charge on any atom is -0.310 e. The molecule has 0 atom stereocenters. The van der Waals surface area contributed by atoms with Crippen molar-refractivity contribution in [1.82, 2.24) is 0 Å². The van der Waals surface area contributed by atoms with Crippen molar-refractivity contribution < 1.29 is 0 Å². The van der Waals surface area contributed by atoms with Crippen LogP contribution in [0.15, 0.2) is 157 Å². The highest BCUT2D eigenvalue weighted by Crippen LogP contribution is 2.51. The predicted molar refractivity (Wildman–Crippen MR) is 239 cm³/mol. The zero-order valence-electron chi connectivity index (χ0n) is 31.0. The van der Waals surface area contributed by atoms with Crippen molar-refractivity contribution >= 4 is 109 Å². The third-order valence-electron chi connectivity index (χ3n) is 12.8. The fourth-order valence-corrected chi connectivity index (χ4v) is 10.4. The summed E-state index contributed by atoms with van der Waals surface area (Å²) in [6, 6.07) is 57.6. The molecular formula is C54H39N. The first-order valence-electron chi connectivity index (χ1n) is 20.0. The number of hydrogen-bond donors (Lipinski definition) is 0. The van der Waals surface area contributed by atoms with Gasteiger partial charge in [-0.25, -0.2) is 0 Å². The first-order valence-corrected chi connectivity index (χ1v) is 20.0. The zero-order valence-corrected chi connectivity index (χ0v) is 31.0. The smallest absolute Gasteiger partial charge is 0.0540 e. The SMILES string of the molecule is Cc1ccc(N(c2ccc(C=C3CCCCC3)cc2)c2ccc3c4cccc5c4c(c4cccc2c34)c2cccc3c4cccc6cccc(c64)c5c32)cc1. The molecule has 11 aromatic carbocycles. The number of anilines is 3. The maximum Gasteiger partial charge on any atom is 0.0540 e. The number of allylic oxidation sites excluding steroid dienone is 1. The van der Waals surface area contributed by atoms with Crippen LogP contribution < -0.4 is 4.90 Å². The Morgan fingerprint density at radius 3 is 1.45 bits per heavy atom. The predicted octanol–water partition coefficient (Wildman–Crippen LogP) is 15.9. The maximum atomic E-state index is 2.46. The van der Waals surface area contributed by atoms with E-state index in [2.05, 4.69) is 170 Å². The molecule has 1 aliphatic carbocycles. The topological polar surface area (TPSA) is 3.24 Å². The van der Waals surface area contributed by atoms with Gasteiger partial charge in [-0.2, -0.15) is 0 Å². The molecule has 0 aliphatic heterocycles. The third kappa shape index (κ3) is 4.47. The summed E-state index contributed by atoms with van der Waals surface area (Å²) in [6.45, 7) is 2.17. The molecule has 1 nitrogen and oxygen atoms in total. The minimum atomic E-state index is 1.16. The summed E-state index contributed by atoms with van der Waals surface area (Å²) in [5, 5.41) is 21.3. The van der Waals surface area contributed by atoms with Crippen LogP contribution in [0.5, 0.6) is 0 Å². The largest absolute Gasteiger partial charge is 0.310 e. The number of aryl methyl sites for hydroxylation is 1. The molecule has 11 aromatic rings. The molecule has 0 unspecified atom stereocenters. The Bertz CT molecular complexity index is 3320. The van der Waals surface area contributed by atoms with E-state index >= 15 is 0 Å². The standard InChI is InChI=1S/C54H39N/c1-33-22-26-37(27-23-33)55(38-28-24-35(25-29-38)32-34-10-3-2-4-11-34)48-31-30-42-41-16-8-20-46-52(41)54(45-19-9-17-43(48)50(42)45)47-21-7-15-40-39-14-5-12-36-13-6-18-44(49(36)39)53(46)51(40)47/h5-9,12-32H,2-4,10-11H2,1H3. The third-order valence-corrected chi connectivity index (χ3v) is 12.8. The second kappa shape index (κ2) is 11.8. The van der Waals surface area contributed by atoms with Crippen LogP contribution in [0.3, 0.4) is 0 Å². The lowest BCUT2D eigenvalue weighted by atomic mass is 9.82. The summed E-state index contributed by atoms with van der Waals surface area (Å²) in [6.07, 6.45) is 8.89. The van der Waals surface area contributed by atoms with Crippen molar-refractivity contribution in [2.24, 2.45) is 0 Å². The highest BCUT2D eigenvalue weighted by atomic mass is 15.1. The van der Waals surface area contributed by atoms with E-state index in [1.807, 2.05) is 0 Å². The molecule has 55 heavy (non-hydrogen) atoms. The van der Waals surface area contributed by atoms with Crippen molar-refractivity contribution in [2.45, 2.75) is 39.0 Å². The fraction of sp³-hybridized carbons (Fsp3) is 0.111. The Hall–Kier alpha value is -6.44. The highest BCUT2D eigenvalue weighted by molar-refractivity contribution is 6.47. The molecule has 0 amide bonds. The second-order valence-corrected chi connectivity index (χ2v) is 15.9. The summed E-state index contributed by atoms with van der Waals surface area (Å²) in [5.74, 6) is 0. The zero-order chi connectivity index (χ0) is 36.2. The van der Waals surface area contributed by atoms with Gasteiger partial charge in [0.1, 0.15) is 0 Å². The average molecular weight is 702 g/mol. The lowest BCUT2D eigenvalue weighted by Gasteiger charge is -2.28. The van der Waals surface area contributed by atoms with Gasteiger partial charge in [-0.05, 0) is 149 Å². The molecule has 1 heteroatoms. The Balaban J connectivity index is 1.17. The van der Waals surface area contributed by atoms with Crippen LogP contribution in [-0.4, -0.2) is 0 Å². The quantitative estimate of drug-likeness (QED) is 0.130. The summed E-state index contributed by atoms with van der Waals surface area (Å²) in [7, 11) is 0. The van der Waals surface area contributed by atoms with E-state index in [-0.39, 0.29) is 0 Å². The molecule has 1 aliphatic rings. The van der Waals surface area contributed by atoms with E-state index in [1.54, 1.807) is 5.57 Å². The lowest BCUT2D eigenvalue weighted by Crippen LogP contribution is -2.10. The van der Waals surface area contributed by atoms with Crippen LogP contribution >= 0.6 is 0 Å². The van der Waals surface area contributed by atoms with Crippen LogP contribution in [0.4, 0.5) is 17.1 Å². The normalized spacial score (nSPS) is 13.9. The van der Waals surface area contributed by atoms with Gasteiger partial charge in [-0.1, -0.05) is 145 Å². The van der Waals surface area contributed by atoms with E-state index in [1.165, 1.54) is 141 Å². The molecule has 0 radical (unpaired) electrons. The first kappa shape index (κ1) is 31.0. The lowest BCUT2D eigenvalue weighted by molar-refractivity contribution is 0.602. The van der Waals surface area contributed by atoms with E-state index in [4.69, 9.17) is 0 Å². The fourth-order valence-electron chi connectivity index (χ4n) is 10.4. The van der Waals surface area contributed by atoms with E-state index in [0.29, 0.717) is 0 Å². The van der Waals surface area contributed by atoms with E-state index in [9.17, 15) is 0 Å². The molecule has 1 fully saturated rings. The van der Waals surface area contributed by atoms with Gasteiger partial charge in [0.25, 0.3) is 0 Å². The molecule has 1 saturated carbocycles. The van der Waals surface area contributed by atoms with Crippen LogP contribution in [0, 0.1) is 6.92 Å². The monoisotopic (exact) mass is 701 g/mol. The highest BCUT2D eigenvalue weighted by Gasteiger charge is 2.24. The van der Waals surface area contributed by atoms with Crippen LogP contribution in [0.1, 0.15) is 43.2 Å². The van der Waals surface area contributed by atoms with Crippen LogP contribution in [0.25, 0.3) is 92.3 Å². The maximum absolute atomic E-state index is 2.46. The average Bonchev–Trinajstić information content (AvgIpc) is 3.23. The van der Waals surface area contributed by atoms with Crippen molar-refractivity contribution in [3.05, 3.63) is 168 Å². The minimum absolute atomic E-state index is 1.16. The Labute approximate surface area is 320 Å². The van der Waals surface area contributed by atoms with Crippen LogP contribution in [0.2, 0.25) is 0 Å². The summed E-state index contributed by atoms with van der Waals surface area (Å²) < 4.78 is 0. The molecule has 12 rings (SSSR count). The first-order chi connectivity index (χ1) is 27.2. The molecule has 0 aromatic heterocycles. The molecule has 0 bridgehead atoms. The summed E-state index contributed by atoms with van der Waals surface area (Å²) >= 11 is 0. The molecular weight excluding hydrogens is 663 g/mol. The molecule has 0 N–H and O–H groups in total. The van der Waals surface area contributed by atoms with E-state index < -0.39 is 0 Å². The Kier molecular flexibility index (Phi) is 6.63. The van der Waals surface area contributed by atoms with Gasteiger partial charge in [0.2, 0.25) is 0 Å². The van der Waals surface area contributed by atoms with Gasteiger partial charge in [-0.3, -0.25) is 0 Å². The van der Waals surface area contributed by atoms with Gasteiger partial charge in [0.05, 0.1) is 5.69 Å². The second-order valence-electron chi connectivity index (χ2n) is 15.9. The Morgan fingerprint density at radius 2 is 0.836 bits per heavy atom. The van der Waals surface area contributed by atoms with Crippen LogP contribution in [-0.2, 0) is 0 Å². The van der Waals surface area contributed by atoms with Crippen molar-refractivity contribution in [2.75, 3.05) is 4.90 Å². The molecule has 0 heterocycles. The van der Waals surface area contributed by atoms with Gasteiger partial charge >= 0.3 is 0 Å². The number of benzene rings is 11. The molecule has 0 spiro atoms. The van der Waals surface area contributed by atoms with Crippen molar-refractivity contribution in [1.29, 1.82) is 0 Å². The van der Waals surface area contributed by atoms with Gasteiger partial charge < -0.3 is 4.90 Å². The molecule has 0 saturated heterocycles. The van der Waals surface area contributed by atoms with Gasteiger partial charge in [-0.15, -0.1) is 0 Å². The van der Waals surface area contributed by atoms with Gasteiger partial charge in [0.15, 0.2) is 0 Å².